The number of nitrogens with zero attached hydrogens (tertiary/aromatic N) is 1. The second-order valence-electron chi connectivity index (χ2n) is 12.6. The van der Waals surface area contributed by atoms with Gasteiger partial charge in [0.15, 0.2) is 0 Å². The lowest BCUT2D eigenvalue weighted by Crippen LogP contribution is -2.58. The Kier molecular flexibility index (Phi) is 8.08. The van der Waals surface area contributed by atoms with Gasteiger partial charge in [0.2, 0.25) is 21.8 Å². The molecule has 4 amide bonds. The van der Waals surface area contributed by atoms with Crippen molar-refractivity contribution in [2.24, 2.45) is 5.92 Å². The van der Waals surface area contributed by atoms with E-state index < -0.39 is 55.9 Å². The van der Waals surface area contributed by atoms with E-state index in [1.165, 1.54) is 4.90 Å². The van der Waals surface area contributed by atoms with Gasteiger partial charge in [0.1, 0.15) is 23.2 Å². The smallest absolute Gasteiger partial charge is 0.408 e. The molecule has 2 heterocycles. The molecule has 12 heteroatoms. The molecular formula is C27H42N4O7S. The molecule has 1 saturated heterocycles. The number of sulfonamides is 1. The molecule has 2 aliphatic heterocycles. The molecule has 11 nitrogen and oxygen atoms in total. The van der Waals surface area contributed by atoms with Crippen molar-refractivity contribution < 1.29 is 32.3 Å². The first-order chi connectivity index (χ1) is 18.2. The third-order valence-electron chi connectivity index (χ3n) is 8.16. The van der Waals surface area contributed by atoms with Crippen LogP contribution in [-0.4, -0.2) is 71.6 Å². The molecular weight excluding hydrogens is 524 g/mol. The number of amides is 4. The van der Waals surface area contributed by atoms with Crippen molar-refractivity contribution >= 4 is 33.8 Å². The first-order valence-corrected chi connectivity index (χ1v) is 15.5. The van der Waals surface area contributed by atoms with E-state index in [4.69, 9.17) is 4.74 Å². The Hall–Kier alpha value is -2.63. The number of carbonyl (C=O) groups is 4. The molecule has 2 aliphatic carbocycles. The second-order valence-corrected chi connectivity index (χ2v) is 14.8. The van der Waals surface area contributed by atoms with E-state index in [9.17, 15) is 27.6 Å². The van der Waals surface area contributed by atoms with Crippen molar-refractivity contribution in [2.75, 3.05) is 6.54 Å². The molecule has 0 bridgehead atoms. The summed E-state index contributed by atoms with van der Waals surface area (Å²) >= 11 is 0. The summed E-state index contributed by atoms with van der Waals surface area (Å²) in [7, 11) is -3.88. The summed E-state index contributed by atoms with van der Waals surface area (Å²) < 4.78 is 32.2. The van der Waals surface area contributed by atoms with E-state index in [1.807, 2.05) is 12.2 Å². The minimum absolute atomic E-state index is 0.288. The largest absolute Gasteiger partial charge is 0.444 e. The quantitative estimate of drug-likeness (QED) is 0.442. The molecule has 218 valence electrons. The number of carbonyl (C=O) groups excluding carboxylic acids is 4. The van der Waals surface area contributed by atoms with Crippen molar-refractivity contribution in [3.05, 3.63) is 12.2 Å². The lowest BCUT2D eigenvalue weighted by molar-refractivity contribution is -0.141. The normalized spacial score (nSPS) is 31.1. The van der Waals surface area contributed by atoms with Crippen molar-refractivity contribution in [3.63, 3.8) is 0 Å². The number of nitrogens with one attached hydrogen (secondary N) is 3. The van der Waals surface area contributed by atoms with Crippen LogP contribution >= 0.6 is 0 Å². The first-order valence-electron chi connectivity index (χ1n) is 14.0. The van der Waals surface area contributed by atoms with Crippen molar-refractivity contribution in [1.29, 1.82) is 0 Å². The molecule has 0 aromatic carbocycles. The van der Waals surface area contributed by atoms with Crippen molar-refractivity contribution in [3.8, 4) is 0 Å². The van der Waals surface area contributed by atoms with Crippen LogP contribution in [0.25, 0.3) is 0 Å². The summed E-state index contributed by atoms with van der Waals surface area (Å²) in [6, 6.07) is -1.66. The average Bonchev–Trinajstić information content (AvgIpc) is 3.68. The highest BCUT2D eigenvalue weighted by Gasteiger charge is 2.62. The standard InChI is InChI=1S/C27H42N4O7S/c1-25(2,3)38-24(35)28-19-12-9-7-5-6-8-11-18-17-27(18,23(34)30-39(36,37)26(4)14-15-26)29-21(32)20-13-10-16-31(20)22(19)33/h8,11,18-20H,5-7,9-10,12-17H2,1-4H3,(H,28,35)(H,29,32)(H,30,34)/t18-,19+,20+,27-/m1/s1. The van der Waals surface area contributed by atoms with Gasteiger partial charge in [-0.15, -0.1) is 0 Å². The van der Waals surface area contributed by atoms with Gasteiger partial charge in [-0.25, -0.2) is 13.2 Å². The summed E-state index contributed by atoms with van der Waals surface area (Å²) in [4.78, 5) is 54.5. The highest BCUT2D eigenvalue weighted by Crippen LogP contribution is 2.47. The van der Waals surface area contributed by atoms with Gasteiger partial charge in [0.25, 0.3) is 5.91 Å². The zero-order valence-corrected chi connectivity index (χ0v) is 24.2. The number of allylic oxidation sites excluding steroid dienone is 1. The third-order valence-corrected chi connectivity index (χ3v) is 10.3. The molecule has 0 radical (unpaired) electrons. The van der Waals surface area contributed by atoms with Crippen LogP contribution in [0.5, 0.6) is 0 Å². The first kappa shape index (κ1) is 29.4. The number of alkyl carbamates (subject to hydrolysis) is 1. The van der Waals surface area contributed by atoms with Gasteiger partial charge in [-0.3, -0.25) is 19.1 Å². The fraction of sp³-hybridized carbons (Fsp3) is 0.778. The maximum atomic E-state index is 13.6. The van der Waals surface area contributed by atoms with Gasteiger partial charge in [-0.1, -0.05) is 25.0 Å². The number of hydrogen-bond acceptors (Lipinski definition) is 7. The molecule has 4 atom stereocenters. The molecule has 3 N–H and O–H groups in total. The second kappa shape index (κ2) is 10.7. The maximum absolute atomic E-state index is 13.6. The Morgan fingerprint density at radius 1 is 1.10 bits per heavy atom. The summed E-state index contributed by atoms with van der Waals surface area (Å²) in [5.41, 5.74) is -2.10. The SMILES string of the molecule is CC(C)(C)OC(=O)N[C@H]1CCCCCC=C[C@@H]2C[C@@]2(C(=O)NS(=O)(=O)C2(C)CC2)NC(=O)[C@@H]2CCCN2C1=O. The van der Waals surface area contributed by atoms with E-state index in [1.54, 1.807) is 27.7 Å². The zero-order valence-electron chi connectivity index (χ0n) is 23.4. The molecule has 0 spiro atoms. The molecule has 3 fully saturated rings. The molecule has 39 heavy (non-hydrogen) atoms. The van der Waals surface area contributed by atoms with Crippen molar-refractivity contribution in [2.45, 2.75) is 120 Å². The summed E-state index contributed by atoms with van der Waals surface area (Å²) in [6.07, 6.45) is 8.96. The molecule has 0 aromatic rings. The minimum atomic E-state index is -3.88. The Labute approximate surface area is 230 Å². The van der Waals surface area contributed by atoms with Crippen LogP contribution in [0.1, 0.15) is 91.9 Å². The van der Waals surface area contributed by atoms with E-state index >= 15 is 0 Å². The van der Waals surface area contributed by atoms with Crippen LogP contribution in [-0.2, 0) is 29.1 Å². The molecule has 4 aliphatic rings. The number of ether oxygens (including phenoxy) is 1. The van der Waals surface area contributed by atoms with E-state index in [0.717, 1.165) is 19.3 Å². The summed E-state index contributed by atoms with van der Waals surface area (Å²) in [5.74, 6) is -1.92. The Morgan fingerprint density at radius 3 is 2.49 bits per heavy atom. The fourth-order valence-electron chi connectivity index (χ4n) is 5.32. The predicted octanol–water partition coefficient (Wildman–Crippen LogP) is 2.26. The summed E-state index contributed by atoms with van der Waals surface area (Å²) in [6.45, 7) is 7.17. The fourth-order valence-corrected chi connectivity index (χ4v) is 6.64. The minimum Gasteiger partial charge on any atom is -0.444 e. The zero-order chi connectivity index (χ0) is 28.6. The molecule has 0 unspecified atom stereocenters. The monoisotopic (exact) mass is 566 g/mol. The highest BCUT2D eigenvalue weighted by molar-refractivity contribution is 7.91. The molecule has 2 saturated carbocycles. The number of hydrogen-bond donors (Lipinski definition) is 3. The Bertz CT molecular complexity index is 1140. The Balaban J connectivity index is 1.55. The van der Waals surface area contributed by atoms with Crippen LogP contribution in [0.3, 0.4) is 0 Å². The lowest BCUT2D eigenvalue weighted by Gasteiger charge is -2.30. The van der Waals surface area contributed by atoms with Gasteiger partial charge in [0.05, 0.1) is 4.75 Å². The highest BCUT2D eigenvalue weighted by atomic mass is 32.2. The van der Waals surface area contributed by atoms with Gasteiger partial charge >= 0.3 is 6.09 Å². The topological polar surface area (TPSA) is 151 Å². The molecule has 4 rings (SSSR count). The molecule has 0 aromatic heterocycles. The van der Waals surface area contributed by atoms with Crippen LogP contribution in [0.2, 0.25) is 0 Å². The van der Waals surface area contributed by atoms with Crippen LogP contribution in [0.15, 0.2) is 12.2 Å². The van der Waals surface area contributed by atoms with E-state index in [0.29, 0.717) is 45.1 Å². The average molecular weight is 567 g/mol. The van der Waals surface area contributed by atoms with E-state index in [-0.39, 0.29) is 18.2 Å². The van der Waals surface area contributed by atoms with Crippen LogP contribution < -0.4 is 15.4 Å². The van der Waals surface area contributed by atoms with E-state index in [2.05, 4.69) is 15.4 Å². The Morgan fingerprint density at radius 2 is 1.82 bits per heavy atom. The maximum Gasteiger partial charge on any atom is 0.408 e. The van der Waals surface area contributed by atoms with Gasteiger partial charge < -0.3 is 20.3 Å². The number of rotatable bonds is 4. The summed E-state index contributed by atoms with van der Waals surface area (Å²) in [5, 5.41) is 5.54. The van der Waals surface area contributed by atoms with Gasteiger partial charge in [0, 0.05) is 12.5 Å². The van der Waals surface area contributed by atoms with Crippen molar-refractivity contribution in [1.82, 2.24) is 20.3 Å². The number of fused-ring (bicyclic) bond motifs is 2. The predicted molar refractivity (Wildman–Crippen MR) is 144 cm³/mol. The lowest BCUT2D eigenvalue weighted by atomic mass is 10.0. The third kappa shape index (κ3) is 6.58. The van der Waals surface area contributed by atoms with Gasteiger partial charge in [-0.05, 0) is 79.1 Å². The van der Waals surface area contributed by atoms with Crippen LogP contribution in [0, 0.1) is 5.92 Å². The van der Waals surface area contributed by atoms with Crippen LogP contribution in [0.4, 0.5) is 4.79 Å². The van der Waals surface area contributed by atoms with Gasteiger partial charge in [-0.2, -0.15) is 0 Å².